The molecule has 2 heterocycles. The van der Waals surface area contributed by atoms with Crippen molar-refractivity contribution >= 4 is 17.4 Å². The number of Topliss-reactive ketones (excluding diaryl/α,β-unsaturated/α-hetero) is 1. The molecule has 2 fully saturated rings. The Balaban J connectivity index is 1.43. The number of ether oxygens (including phenoxy) is 3. The third kappa shape index (κ3) is 7.27. The van der Waals surface area contributed by atoms with Gasteiger partial charge in [-0.05, 0) is 74.2 Å². The Morgan fingerprint density at radius 2 is 1.70 bits per heavy atom. The number of rotatable bonds is 11. The van der Waals surface area contributed by atoms with Crippen molar-refractivity contribution in [2.45, 2.75) is 45.9 Å². The molecule has 0 aliphatic carbocycles. The Morgan fingerprint density at radius 1 is 0.977 bits per heavy atom. The van der Waals surface area contributed by atoms with Crippen LogP contribution in [-0.2, 0) is 20.9 Å². The molecule has 0 saturated carbocycles. The molecule has 0 bridgehead atoms. The zero-order chi connectivity index (χ0) is 30.3. The minimum Gasteiger partial charge on any atom is -0.507 e. The van der Waals surface area contributed by atoms with Crippen molar-refractivity contribution in [2.75, 3.05) is 39.4 Å². The number of hydrogen-bond acceptors (Lipinski definition) is 7. The first-order chi connectivity index (χ1) is 20.8. The first kappa shape index (κ1) is 30.3. The predicted molar refractivity (Wildman–Crippen MR) is 165 cm³/mol. The van der Waals surface area contributed by atoms with Crippen LogP contribution in [0.3, 0.4) is 0 Å². The summed E-state index contributed by atoms with van der Waals surface area (Å²) in [5.41, 5.74) is 3.17. The summed E-state index contributed by atoms with van der Waals surface area (Å²) in [6.07, 6.45) is 0.697. The van der Waals surface area contributed by atoms with E-state index >= 15 is 0 Å². The minimum atomic E-state index is -0.722. The van der Waals surface area contributed by atoms with Crippen LogP contribution in [0, 0.1) is 6.92 Å². The monoisotopic (exact) mass is 584 g/mol. The average Bonchev–Trinajstić information content (AvgIpc) is 3.27. The molecule has 8 heteroatoms. The maximum atomic E-state index is 13.5. The van der Waals surface area contributed by atoms with Crippen molar-refractivity contribution in [1.82, 2.24) is 9.80 Å². The van der Waals surface area contributed by atoms with E-state index in [-0.39, 0.29) is 17.4 Å². The number of aryl methyl sites for hydroxylation is 1. The number of aliphatic hydroxyl groups excluding tert-OH is 1. The third-order valence-corrected chi connectivity index (χ3v) is 7.77. The lowest BCUT2D eigenvalue weighted by atomic mass is 9.94. The number of benzene rings is 3. The highest BCUT2D eigenvalue weighted by molar-refractivity contribution is 6.46. The maximum Gasteiger partial charge on any atom is 0.295 e. The molecule has 3 aromatic carbocycles. The number of carbonyl (C=O) groups excluding carboxylic acids is 2. The van der Waals surface area contributed by atoms with E-state index in [1.165, 1.54) is 0 Å². The van der Waals surface area contributed by atoms with Crippen LogP contribution >= 0.6 is 0 Å². The van der Waals surface area contributed by atoms with Gasteiger partial charge in [-0.3, -0.25) is 14.5 Å². The molecule has 2 saturated heterocycles. The number of likely N-dealkylation sites (tertiary alicyclic amines) is 1. The van der Waals surface area contributed by atoms with Gasteiger partial charge in [0.05, 0.1) is 30.9 Å². The maximum absolute atomic E-state index is 13.5. The average molecular weight is 585 g/mol. The highest BCUT2D eigenvalue weighted by Crippen LogP contribution is 2.40. The number of aliphatic hydroxyl groups is 1. The molecule has 8 nitrogen and oxygen atoms in total. The molecule has 0 radical (unpaired) electrons. The van der Waals surface area contributed by atoms with E-state index in [9.17, 15) is 14.7 Å². The number of nitrogens with zero attached hydrogens (tertiary/aromatic N) is 2. The topological polar surface area (TPSA) is 88.5 Å². The van der Waals surface area contributed by atoms with E-state index < -0.39 is 17.7 Å². The molecule has 2 aliphatic heterocycles. The molecule has 226 valence electrons. The lowest BCUT2D eigenvalue weighted by Crippen LogP contribution is -2.38. The Hall–Kier alpha value is -4.14. The van der Waals surface area contributed by atoms with Crippen LogP contribution in [0.1, 0.15) is 48.6 Å². The fraction of sp³-hybridized carbons (Fsp3) is 0.371. The number of hydrogen-bond donors (Lipinski definition) is 1. The molecule has 1 unspecified atom stereocenters. The van der Waals surface area contributed by atoms with Gasteiger partial charge in [0.1, 0.15) is 23.9 Å². The summed E-state index contributed by atoms with van der Waals surface area (Å²) in [4.78, 5) is 30.9. The van der Waals surface area contributed by atoms with Crippen LogP contribution in [0.15, 0.2) is 78.4 Å². The lowest BCUT2D eigenvalue weighted by Gasteiger charge is -2.29. The van der Waals surface area contributed by atoms with Gasteiger partial charge < -0.3 is 24.2 Å². The van der Waals surface area contributed by atoms with Gasteiger partial charge in [-0.2, -0.15) is 0 Å². The second-order valence-electron chi connectivity index (χ2n) is 11.3. The fourth-order valence-corrected chi connectivity index (χ4v) is 5.57. The van der Waals surface area contributed by atoms with Crippen LogP contribution in [0.5, 0.6) is 11.5 Å². The molecule has 0 spiro atoms. The molecule has 43 heavy (non-hydrogen) atoms. The Bertz CT molecular complexity index is 1440. The second-order valence-corrected chi connectivity index (χ2v) is 11.3. The molecule has 0 aromatic heterocycles. The third-order valence-electron chi connectivity index (χ3n) is 7.77. The molecule has 1 atom stereocenters. The van der Waals surface area contributed by atoms with E-state index in [1.54, 1.807) is 23.1 Å². The summed E-state index contributed by atoms with van der Waals surface area (Å²) in [5.74, 6) is -0.0959. The van der Waals surface area contributed by atoms with Gasteiger partial charge in [0.2, 0.25) is 0 Å². The molecule has 3 aromatic rings. The summed E-state index contributed by atoms with van der Waals surface area (Å²) < 4.78 is 17.3. The molecule has 1 N–H and O–H groups in total. The van der Waals surface area contributed by atoms with Crippen LogP contribution in [0.4, 0.5) is 0 Å². The van der Waals surface area contributed by atoms with Gasteiger partial charge in [-0.25, -0.2) is 0 Å². The number of ketones is 1. The largest absolute Gasteiger partial charge is 0.507 e. The predicted octanol–water partition coefficient (Wildman–Crippen LogP) is 5.51. The van der Waals surface area contributed by atoms with Crippen molar-refractivity contribution in [3.8, 4) is 11.5 Å². The second kappa shape index (κ2) is 13.9. The normalized spacial score (nSPS) is 18.8. The molecular formula is C35H40N2O6. The van der Waals surface area contributed by atoms with Crippen LogP contribution < -0.4 is 9.47 Å². The Morgan fingerprint density at radius 3 is 2.37 bits per heavy atom. The van der Waals surface area contributed by atoms with E-state index in [0.717, 1.165) is 36.3 Å². The summed E-state index contributed by atoms with van der Waals surface area (Å²) in [6.45, 7) is 10.5. The first-order valence-electron chi connectivity index (χ1n) is 14.9. The van der Waals surface area contributed by atoms with Crippen LogP contribution in [-0.4, -0.2) is 72.1 Å². The van der Waals surface area contributed by atoms with E-state index in [4.69, 9.17) is 14.2 Å². The van der Waals surface area contributed by atoms with Gasteiger partial charge >= 0.3 is 0 Å². The smallest absolute Gasteiger partial charge is 0.295 e. The van der Waals surface area contributed by atoms with Crippen molar-refractivity contribution in [3.05, 3.63) is 101 Å². The number of carbonyl (C=O) groups is 2. The van der Waals surface area contributed by atoms with Crippen molar-refractivity contribution in [2.24, 2.45) is 0 Å². The van der Waals surface area contributed by atoms with Crippen molar-refractivity contribution in [3.63, 3.8) is 0 Å². The molecular weight excluding hydrogens is 544 g/mol. The first-order valence-corrected chi connectivity index (χ1v) is 14.9. The summed E-state index contributed by atoms with van der Waals surface area (Å²) in [6, 6.07) is 21.9. The van der Waals surface area contributed by atoms with Crippen LogP contribution in [0.2, 0.25) is 0 Å². The minimum absolute atomic E-state index is 0.000535. The van der Waals surface area contributed by atoms with Crippen molar-refractivity contribution in [1.29, 1.82) is 0 Å². The highest BCUT2D eigenvalue weighted by Gasteiger charge is 2.45. The number of morpholine rings is 1. The summed E-state index contributed by atoms with van der Waals surface area (Å²) in [7, 11) is 0. The van der Waals surface area contributed by atoms with Gasteiger partial charge in [0.25, 0.3) is 11.7 Å². The van der Waals surface area contributed by atoms with Gasteiger partial charge in [-0.1, -0.05) is 42.5 Å². The van der Waals surface area contributed by atoms with E-state index in [2.05, 4.69) is 4.90 Å². The lowest BCUT2D eigenvalue weighted by molar-refractivity contribution is -0.140. The van der Waals surface area contributed by atoms with Crippen LogP contribution in [0.25, 0.3) is 5.76 Å². The quantitative estimate of drug-likeness (QED) is 0.181. The Labute approximate surface area is 253 Å². The van der Waals surface area contributed by atoms with E-state index in [1.807, 2.05) is 75.4 Å². The fourth-order valence-electron chi connectivity index (χ4n) is 5.57. The van der Waals surface area contributed by atoms with Gasteiger partial charge in [0, 0.05) is 31.7 Å². The molecule has 5 rings (SSSR count). The SMILES string of the molecule is Cc1cc(C(O)=C2C(=O)C(=O)N(CCCN3CCOCC3)C2c2ccc(OCc3ccccc3)cc2)ccc1OC(C)C. The van der Waals surface area contributed by atoms with Gasteiger partial charge in [-0.15, -0.1) is 0 Å². The Kier molecular flexibility index (Phi) is 9.79. The number of amides is 1. The van der Waals surface area contributed by atoms with Gasteiger partial charge in [0.15, 0.2) is 0 Å². The van der Waals surface area contributed by atoms with E-state index in [0.29, 0.717) is 49.8 Å². The van der Waals surface area contributed by atoms with Crippen molar-refractivity contribution < 1.29 is 28.9 Å². The summed E-state index contributed by atoms with van der Waals surface area (Å²) >= 11 is 0. The molecule has 2 aliphatic rings. The summed E-state index contributed by atoms with van der Waals surface area (Å²) in [5, 5.41) is 11.5. The zero-order valence-corrected chi connectivity index (χ0v) is 25.1. The highest BCUT2D eigenvalue weighted by atomic mass is 16.5. The zero-order valence-electron chi connectivity index (χ0n) is 25.1. The standard InChI is InChI=1S/C35H40N2O6/c1-24(2)43-30-15-12-28(22-25(30)3)33(38)31-32(27-10-13-29(14-11-27)42-23-26-8-5-4-6-9-26)37(35(40)34(31)39)17-7-16-36-18-20-41-21-19-36/h4-6,8-15,22,24,32,38H,7,16-21,23H2,1-3H3. The molecule has 1 amide bonds.